The number of rotatable bonds is 5. The first-order chi connectivity index (χ1) is 15.0. The first kappa shape index (κ1) is 21.0. The van der Waals surface area contributed by atoms with E-state index in [4.69, 9.17) is 4.74 Å². The maximum Gasteiger partial charge on any atom is 0.310 e. The third-order valence-corrected chi connectivity index (χ3v) is 5.64. The van der Waals surface area contributed by atoms with Crippen LogP contribution in [0.3, 0.4) is 0 Å². The summed E-state index contributed by atoms with van der Waals surface area (Å²) in [6.07, 6.45) is 3.16. The summed E-state index contributed by atoms with van der Waals surface area (Å²) in [4.78, 5) is 31.2. The van der Waals surface area contributed by atoms with Crippen molar-refractivity contribution in [3.8, 4) is 11.1 Å². The summed E-state index contributed by atoms with van der Waals surface area (Å²) < 4.78 is 20.1. The second-order valence-corrected chi connectivity index (χ2v) is 7.74. The normalized spacial score (nSPS) is 16.5. The number of piperidine rings is 1. The van der Waals surface area contributed by atoms with E-state index in [0.29, 0.717) is 25.3 Å². The Morgan fingerprint density at radius 1 is 1.23 bits per heavy atom. The molecule has 0 radical (unpaired) electrons. The number of fused-ring (bicyclic) bond motifs is 1. The quantitative estimate of drug-likeness (QED) is 0.587. The number of pyridine rings is 1. The topological polar surface area (TPSA) is 77.3 Å². The van der Waals surface area contributed by atoms with Gasteiger partial charge in [-0.1, -0.05) is 12.1 Å². The van der Waals surface area contributed by atoms with Crippen molar-refractivity contribution >= 4 is 22.9 Å². The molecule has 162 valence electrons. The third kappa shape index (κ3) is 4.28. The van der Waals surface area contributed by atoms with Crippen LogP contribution in [-0.4, -0.2) is 51.2 Å². The number of aryl methyl sites for hydroxylation is 1. The lowest BCUT2D eigenvalue weighted by Crippen LogP contribution is -2.44. The molecule has 0 saturated carbocycles. The summed E-state index contributed by atoms with van der Waals surface area (Å²) in [6, 6.07) is 8.14. The highest BCUT2D eigenvalue weighted by Gasteiger charge is 2.30. The number of aromatic nitrogens is 3. The van der Waals surface area contributed by atoms with Crippen molar-refractivity contribution in [2.75, 3.05) is 19.7 Å². The standard InChI is InChI=1S/C23H25FN4O3/c1-3-31-23(30)17-5-4-12-27(13-17)20(29)14-28-22-21(15(2)26-28)19(10-11-25-22)16-6-8-18(24)9-7-16/h6-11,17H,3-5,12-14H2,1-2H3. The lowest BCUT2D eigenvalue weighted by atomic mass is 9.98. The molecule has 3 heterocycles. The molecule has 0 spiro atoms. The average molecular weight is 424 g/mol. The van der Waals surface area contributed by atoms with E-state index >= 15 is 0 Å². The molecule has 2 aromatic heterocycles. The van der Waals surface area contributed by atoms with Gasteiger partial charge in [0.1, 0.15) is 12.4 Å². The zero-order valence-electron chi connectivity index (χ0n) is 17.7. The van der Waals surface area contributed by atoms with Gasteiger partial charge >= 0.3 is 5.97 Å². The molecule has 1 atom stereocenters. The zero-order valence-corrected chi connectivity index (χ0v) is 17.7. The van der Waals surface area contributed by atoms with Crippen LogP contribution in [0.1, 0.15) is 25.5 Å². The fourth-order valence-corrected chi connectivity index (χ4v) is 4.15. The van der Waals surface area contributed by atoms with Crippen LogP contribution in [0.5, 0.6) is 0 Å². The molecule has 4 rings (SSSR count). The number of benzene rings is 1. The van der Waals surface area contributed by atoms with Gasteiger partial charge in [0.2, 0.25) is 5.91 Å². The third-order valence-electron chi connectivity index (χ3n) is 5.64. The molecule has 1 aromatic carbocycles. The molecule has 0 aliphatic carbocycles. The Bertz CT molecular complexity index is 1110. The van der Waals surface area contributed by atoms with Gasteiger partial charge in [0.05, 0.1) is 18.2 Å². The molecule has 1 fully saturated rings. The Balaban J connectivity index is 1.58. The lowest BCUT2D eigenvalue weighted by molar-refractivity contribution is -0.151. The van der Waals surface area contributed by atoms with Crippen molar-refractivity contribution < 1.29 is 18.7 Å². The molecule has 8 heteroatoms. The summed E-state index contributed by atoms with van der Waals surface area (Å²) in [7, 11) is 0. The number of likely N-dealkylation sites (tertiary alicyclic amines) is 1. The van der Waals surface area contributed by atoms with Crippen molar-refractivity contribution in [2.45, 2.75) is 33.2 Å². The molecule has 1 amide bonds. The number of hydrogen-bond donors (Lipinski definition) is 0. The second kappa shape index (κ2) is 8.83. The molecule has 7 nitrogen and oxygen atoms in total. The van der Waals surface area contributed by atoms with Crippen LogP contribution in [0.25, 0.3) is 22.2 Å². The van der Waals surface area contributed by atoms with Crippen LogP contribution >= 0.6 is 0 Å². The lowest BCUT2D eigenvalue weighted by Gasteiger charge is -2.31. The Kier molecular flexibility index (Phi) is 5.97. The van der Waals surface area contributed by atoms with Crippen LogP contribution in [0, 0.1) is 18.7 Å². The van der Waals surface area contributed by atoms with Gasteiger partial charge in [-0.25, -0.2) is 14.1 Å². The molecule has 1 aliphatic heterocycles. The van der Waals surface area contributed by atoms with E-state index in [9.17, 15) is 14.0 Å². The molecule has 1 aliphatic rings. The Labute approximate surface area is 179 Å². The Morgan fingerprint density at radius 3 is 2.74 bits per heavy atom. The van der Waals surface area contributed by atoms with Gasteiger partial charge in [-0.2, -0.15) is 5.10 Å². The van der Waals surface area contributed by atoms with Crippen LogP contribution in [-0.2, 0) is 20.9 Å². The van der Waals surface area contributed by atoms with Crippen molar-refractivity contribution in [1.29, 1.82) is 0 Å². The van der Waals surface area contributed by atoms with Crippen molar-refractivity contribution in [3.63, 3.8) is 0 Å². The van der Waals surface area contributed by atoms with E-state index in [2.05, 4.69) is 10.1 Å². The summed E-state index contributed by atoms with van der Waals surface area (Å²) in [5.41, 5.74) is 3.10. The molecule has 0 bridgehead atoms. The minimum Gasteiger partial charge on any atom is -0.466 e. The number of carbonyl (C=O) groups excluding carboxylic acids is 2. The van der Waals surface area contributed by atoms with Crippen LogP contribution in [0.2, 0.25) is 0 Å². The number of nitrogens with zero attached hydrogens (tertiary/aromatic N) is 4. The number of halogens is 1. The van der Waals surface area contributed by atoms with Gasteiger partial charge in [0.25, 0.3) is 0 Å². The number of esters is 1. The van der Waals surface area contributed by atoms with E-state index in [-0.39, 0.29) is 30.2 Å². The van der Waals surface area contributed by atoms with Crippen molar-refractivity contribution in [2.24, 2.45) is 5.92 Å². The molecule has 0 N–H and O–H groups in total. The van der Waals surface area contributed by atoms with Gasteiger partial charge in [-0.15, -0.1) is 0 Å². The number of ether oxygens (including phenoxy) is 1. The molecule has 3 aromatic rings. The highest BCUT2D eigenvalue weighted by Crippen LogP contribution is 2.30. The second-order valence-electron chi connectivity index (χ2n) is 7.74. The molecule has 31 heavy (non-hydrogen) atoms. The fraction of sp³-hybridized carbons (Fsp3) is 0.391. The van der Waals surface area contributed by atoms with Crippen LogP contribution in [0.4, 0.5) is 4.39 Å². The molecule has 1 saturated heterocycles. The highest BCUT2D eigenvalue weighted by molar-refractivity contribution is 5.95. The zero-order chi connectivity index (χ0) is 22.0. The SMILES string of the molecule is CCOC(=O)C1CCCN(C(=O)Cn2nc(C)c3c(-c4ccc(F)cc4)ccnc32)C1. The van der Waals surface area contributed by atoms with Gasteiger partial charge in [-0.3, -0.25) is 9.59 Å². The van der Waals surface area contributed by atoms with E-state index < -0.39 is 0 Å². The monoisotopic (exact) mass is 424 g/mol. The summed E-state index contributed by atoms with van der Waals surface area (Å²) in [5.74, 6) is -0.926. The summed E-state index contributed by atoms with van der Waals surface area (Å²) in [6.45, 7) is 5.01. The fourth-order valence-electron chi connectivity index (χ4n) is 4.15. The number of carbonyl (C=O) groups is 2. The van der Waals surface area contributed by atoms with Crippen molar-refractivity contribution in [1.82, 2.24) is 19.7 Å². The van der Waals surface area contributed by atoms with E-state index in [0.717, 1.165) is 35.0 Å². The minimum absolute atomic E-state index is 0.0414. The minimum atomic E-state index is -0.297. The molecular formula is C23H25FN4O3. The number of hydrogen-bond acceptors (Lipinski definition) is 5. The van der Waals surface area contributed by atoms with Gasteiger partial charge in [-0.05, 0) is 56.0 Å². The average Bonchev–Trinajstić information content (AvgIpc) is 3.10. The van der Waals surface area contributed by atoms with Gasteiger partial charge in [0.15, 0.2) is 5.65 Å². The van der Waals surface area contributed by atoms with Gasteiger partial charge < -0.3 is 9.64 Å². The highest BCUT2D eigenvalue weighted by atomic mass is 19.1. The first-order valence-electron chi connectivity index (χ1n) is 10.5. The predicted octanol–water partition coefficient (Wildman–Crippen LogP) is 3.35. The first-order valence-corrected chi connectivity index (χ1v) is 10.5. The van der Waals surface area contributed by atoms with Crippen LogP contribution in [0.15, 0.2) is 36.5 Å². The Hall–Kier alpha value is -3.29. The van der Waals surface area contributed by atoms with Gasteiger partial charge in [0, 0.05) is 24.7 Å². The molecule has 1 unspecified atom stereocenters. The largest absolute Gasteiger partial charge is 0.466 e. The summed E-state index contributed by atoms with van der Waals surface area (Å²) >= 11 is 0. The van der Waals surface area contributed by atoms with E-state index in [1.807, 2.05) is 13.0 Å². The van der Waals surface area contributed by atoms with Crippen LogP contribution < -0.4 is 0 Å². The predicted molar refractivity (Wildman–Crippen MR) is 114 cm³/mol. The maximum absolute atomic E-state index is 13.3. The number of amides is 1. The smallest absolute Gasteiger partial charge is 0.310 e. The maximum atomic E-state index is 13.3. The van der Waals surface area contributed by atoms with E-state index in [1.54, 1.807) is 34.8 Å². The van der Waals surface area contributed by atoms with Crippen molar-refractivity contribution in [3.05, 3.63) is 48.0 Å². The summed E-state index contributed by atoms with van der Waals surface area (Å²) in [5, 5.41) is 5.39. The Morgan fingerprint density at radius 2 is 2.00 bits per heavy atom. The van der Waals surface area contributed by atoms with E-state index in [1.165, 1.54) is 12.1 Å². The molecular weight excluding hydrogens is 399 g/mol.